The fourth-order valence-electron chi connectivity index (χ4n) is 0.392. The number of carbonyl (C=O) groups is 1. The predicted molar refractivity (Wildman–Crippen MR) is 36.8 cm³/mol. The van der Waals surface area contributed by atoms with Crippen molar-refractivity contribution in [2.75, 3.05) is 0 Å². The van der Waals surface area contributed by atoms with E-state index in [2.05, 4.69) is 0 Å². The summed E-state index contributed by atoms with van der Waals surface area (Å²) in [6.07, 6.45) is 0.683. The second-order valence-corrected chi connectivity index (χ2v) is 2.32. The van der Waals surface area contributed by atoms with Crippen molar-refractivity contribution in [1.82, 2.24) is 0 Å². The molecule has 42 valence electrons. The molecule has 0 N–H and O–H groups in total. The van der Waals surface area contributed by atoms with Crippen LogP contribution in [0.4, 0.5) is 0 Å². The minimum Gasteiger partial charge on any atom is -0.448 e. The van der Waals surface area contributed by atoms with E-state index < -0.39 is 0 Å². The third-order valence-electron chi connectivity index (χ3n) is 0.710. The molecule has 0 aliphatic rings. The molecule has 1 aromatic heterocycles. The van der Waals surface area contributed by atoms with Gasteiger partial charge in [0, 0.05) is 0 Å². The molecular weight excluding hydrogens is 219 g/mol. The highest BCUT2D eigenvalue weighted by atomic mass is 127. The maximum absolute atomic E-state index is 9.92. The lowest BCUT2D eigenvalue weighted by Crippen LogP contribution is -1.66. The molecule has 1 heterocycles. The summed E-state index contributed by atoms with van der Waals surface area (Å²) < 4.78 is 5.59. The fraction of sp³-hybridized carbons (Fsp3) is 0. The van der Waals surface area contributed by atoms with Crippen molar-refractivity contribution in [2.45, 2.75) is 0 Å². The van der Waals surface area contributed by atoms with E-state index in [-0.39, 0.29) is 0 Å². The molecule has 0 aromatic carbocycles. The van der Waals surface area contributed by atoms with Gasteiger partial charge in [0.1, 0.15) is 0 Å². The summed E-state index contributed by atoms with van der Waals surface area (Å²) in [5, 5.41) is 0. The van der Waals surface area contributed by atoms with E-state index in [1.54, 1.807) is 12.1 Å². The summed E-state index contributed by atoms with van der Waals surface area (Å²) in [6.45, 7) is 0. The Morgan fingerprint density at radius 1 is 1.62 bits per heavy atom. The molecule has 0 bridgehead atoms. The van der Waals surface area contributed by atoms with Crippen LogP contribution in [-0.2, 0) is 0 Å². The number of carbonyl (C=O) groups excluding carboxylic acids is 1. The van der Waals surface area contributed by atoms with Crippen LogP contribution in [0.2, 0.25) is 0 Å². The molecule has 0 saturated carbocycles. The molecule has 0 aliphatic carbocycles. The normalized spacial score (nSPS) is 9.12. The van der Waals surface area contributed by atoms with E-state index in [1.807, 2.05) is 22.6 Å². The van der Waals surface area contributed by atoms with Crippen molar-refractivity contribution in [1.29, 1.82) is 0 Å². The van der Waals surface area contributed by atoms with Crippen LogP contribution in [0.3, 0.4) is 0 Å². The largest absolute Gasteiger partial charge is 0.448 e. The Morgan fingerprint density at radius 3 is 2.62 bits per heavy atom. The first-order valence-electron chi connectivity index (χ1n) is 2.03. The van der Waals surface area contributed by atoms with Gasteiger partial charge in [0.2, 0.25) is 0 Å². The second-order valence-electron chi connectivity index (χ2n) is 1.26. The van der Waals surface area contributed by atoms with Gasteiger partial charge in [0.05, 0.1) is 0 Å². The highest BCUT2D eigenvalue weighted by Gasteiger charge is 1.93. The molecule has 1 aromatic rings. The molecule has 0 amide bonds. The molecular formula is C5H3IO2. The van der Waals surface area contributed by atoms with Gasteiger partial charge in [-0.2, -0.15) is 0 Å². The molecule has 0 aliphatic heterocycles. The third-order valence-corrected chi connectivity index (χ3v) is 1.29. The smallest absolute Gasteiger partial charge is 0.185 e. The van der Waals surface area contributed by atoms with Crippen LogP contribution < -0.4 is 0 Å². The number of halogens is 1. The topological polar surface area (TPSA) is 30.2 Å². The van der Waals surface area contributed by atoms with Gasteiger partial charge < -0.3 is 4.42 Å². The van der Waals surface area contributed by atoms with Crippen LogP contribution in [0.15, 0.2) is 16.5 Å². The number of rotatable bonds is 1. The molecule has 1 rings (SSSR count). The number of furan rings is 1. The first-order valence-corrected chi connectivity index (χ1v) is 3.11. The van der Waals surface area contributed by atoms with E-state index in [9.17, 15) is 4.79 Å². The SMILES string of the molecule is O=Cc1ccc(I)o1. The van der Waals surface area contributed by atoms with Crippen molar-refractivity contribution >= 4 is 28.9 Å². The van der Waals surface area contributed by atoms with Crippen LogP contribution in [0.25, 0.3) is 0 Å². The average Bonchev–Trinajstić information content (AvgIpc) is 2.14. The molecule has 8 heavy (non-hydrogen) atoms. The molecule has 0 saturated heterocycles. The van der Waals surface area contributed by atoms with Gasteiger partial charge in [-0.15, -0.1) is 0 Å². The highest BCUT2D eigenvalue weighted by molar-refractivity contribution is 14.1. The van der Waals surface area contributed by atoms with Gasteiger partial charge in [-0.25, -0.2) is 0 Å². The van der Waals surface area contributed by atoms with E-state index in [0.29, 0.717) is 12.0 Å². The summed E-state index contributed by atoms with van der Waals surface area (Å²) in [6, 6.07) is 3.37. The van der Waals surface area contributed by atoms with Gasteiger partial charge in [-0.1, -0.05) is 0 Å². The predicted octanol–water partition coefficient (Wildman–Crippen LogP) is 1.70. The van der Waals surface area contributed by atoms with Crippen LogP contribution in [0, 0.1) is 3.77 Å². The Hall–Kier alpha value is -0.320. The van der Waals surface area contributed by atoms with Gasteiger partial charge in [-0.3, -0.25) is 4.79 Å². The first-order chi connectivity index (χ1) is 3.83. The van der Waals surface area contributed by atoms with Gasteiger partial charge in [-0.05, 0) is 34.7 Å². The summed E-state index contributed by atoms with van der Waals surface area (Å²) in [4.78, 5) is 9.92. The van der Waals surface area contributed by atoms with Crippen LogP contribution in [0.5, 0.6) is 0 Å². The standard InChI is InChI=1S/C5H3IO2/c6-5-2-1-4(3-7)8-5/h1-3H. The lowest BCUT2D eigenvalue weighted by atomic mass is 10.5. The van der Waals surface area contributed by atoms with Crippen LogP contribution in [-0.4, -0.2) is 6.29 Å². The van der Waals surface area contributed by atoms with E-state index in [1.165, 1.54) is 0 Å². The lowest BCUT2D eigenvalue weighted by molar-refractivity contribution is 0.109. The van der Waals surface area contributed by atoms with Gasteiger partial charge >= 0.3 is 0 Å². The molecule has 3 heteroatoms. The molecule has 0 radical (unpaired) electrons. The fourth-order valence-corrected chi connectivity index (χ4v) is 0.826. The highest BCUT2D eigenvalue weighted by Crippen LogP contribution is 2.06. The Labute approximate surface area is 60.0 Å². The maximum Gasteiger partial charge on any atom is 0.185 e. The van der Waals surface area contributed by atoms with Crippen molar-refractivity contribution < 1.29 is 9.21 Å². The first kappa shape index (κ1) is 5.81. The van der Waals surface area contributed by atoms with Crippen LogP contribution in [0.1, 0.15) is 10.6 Å². The molecule has 0 unspecified atom stereocenters. The van der Waals surface area contributed by atoms with Crippen molar-refractivity contribution in [2.24, 2.45) is 0 Å². The summed E-state index contributed by atoms with van der Waals surface area (Å²) in [5.74, 6) is 0.384. The summed E-state index contributed by atoms with van der Waals surface area (Å²) in [7, 11) is 0. The van der Waals surface area contributed by atoms with E-state index in [4.69, 9.17) is 4.42 Å². The quantitative estimate of drug-likeness (QED) is 0.534. The van der Waals surface area contributed by atoms with Crippen molar-refractivity contribution in [3.8, 4) is 0 Å². The van der Waals surface area contributed by atoms with Crippen LogP contribution >= 0.6 is 22.6 Å². The Morgan fingerprint density at radius 2 is 2.38 bits per heavy atom. The van der Waals surface area contributed by atoms with Crippen molar-refractivity contribution in [3.63, 3.8) is 0 Å². The summed E-state index contributed by atoms with van der Waals surface area (Å²) >= 11 is 2.00. The third kappa shape index (κ3) is 1.09. The number of hydrogen-bond donors (Lipinski definition) is 0. The minimum atomic E-state index is 0.384. The minimum absolute atomic E-state index is 0.384. The average molecular weight is 222 g/mol. The second kappa shape index (κ2) is 2.30. The van der Waals surface area contributed by atoms with Crippen molar-refractivity contribution in [3.05, 3.63) is 21.7 Å². The number of aldehydes is 1. The molecule has 0 spiro atoms. The number of hydrogen-bond acceptors (Lipinski definition) is 2. The molecule has 0 atom stereocenters. The Bertz CT molecular complexity index is 192. The molecule has 2 nitrogen and oxygen atoms in total. The Balaban J connectivity index is 3.00. The zero-order valence-electron chi connectivity index (χ0n) is 3.93. The lowest BCUT2D eigenvalue weighted by Gasteiger charge is -1.74. The zero-order valence-corrected chi connectivity index (χ0v) is 6.08. The zero-order chi connectivity index (χ0) is 5.98. The van der Waals surface area contributed by atoms with Gasteiger partial charge in [0.25, 0.3) is 0 Å². The maximum atomic E-state index is 9.92. The van der Waals surface area contributed by atoms with Gasteiger partial charge in [0.15, 0.2) is 15.8 Å². The van der Waals surface area contributed by atoms with E-state index >= 15 is 0 Å². The summed E-state index contributed by atoms with van der Waals surface area (Å²) in [5.41, 5.74) is 0. The monoisotopic (exact) mass is 222 g/mol. The Kier molecular flexibility index (Phi) is 1.67. The van der Waals surface area contributed by atoms with E-state index in [0.717, 1.165) is 3.77 Å². The molecule has 0 fully saturated rings.